The first-order chi connectivity index (χ1) is 18.2. The van der Waals surface area contributed by atoms with E-state index < -0.39 is 52.6 Å². The molecule has 0 radical (unpaired) electrons. The quantitative estimate of drug-likeness (QED) is 0.445. The maximum Gasteiger partial charge on any atom is 0.423 e. The van der Waals surface area contributed by atoms with Crippen molar-refractivity contribution in [2.75, 3.05) is 36.4 Å². The average Bonchev–Trinajstić information content (AvgIpc) is 3.22. The SMILES string of the molecule is CC(Cn1cc(C(=O)N2CCN(c3ncc(C(F)(F)F)cn3)CC2)cc1F)Nc1cn[nH]c(=O)c1C(F)(F)F. The van der Waals surface area contributed by atoms with E-state index in [-0.39, 0.29) is 44.2 Å². The number of nitrogens with zero attached hydrogens (tertiary/aromatic N) is 6. The maximum absolute atomic E-state index is 14.6. The van der Waals surface area contributed by atoms with Gasteiger partial charge in [-0.15, -0.1) is 0 Å². The lowest BCUT2D eigenvalue weighted by molar-refractivity contribution is -0.139. The highest BCUT2D eigenvalue weighted by atomic mass is 19.4. The monoisotopic (exact) mass is 562 g/mol. The van der Waals surface area contributed by atoms with Crippen LogP contribution in [0.3, 0.4) is 0 Å². The second-order valence-corrected chi connectivity index (χ2v) is 8.78. The molecule has 0 spiro atoms. The van der Waals surface area contributed by atoms with Crippen molar-refractivity contribution >= 4 is 17.5 Å². The van der Waals surface area contributed by atoms with E-state index in [1.165, 1.54) is 18.0 Å². The molecule has 4 rings (SSSR count). The van der Waals surface area contributed by atoms with E-state index in [9.17, 15) is 40.3 Å². The number of alkyl halides is 6. The molecule has 1 amide bonds. The number of amides is 1. The number of hydrogen-bond donors (Lipinski definition) is 2. The van der Waals surface area contributed by atoms with Crippen LogP contribution in [0.2, 0.25) is 0 Å². The molecule has 10 nitrogen and oxygen atoms in total. The molecular weight excluding hydrogens is 541 g/mol. The summed E-state index contributed by atoms with van der Waals surface area (Å²) in [5.74, 6) is -1.22. The first-order valence-electron chi connectivity index (χ1n) is 11.4. The van der Waals surface area contributed by atoms with Crippen LogP contribution in [0.4, 0.5) is 42.4 Å². The Hall–Kier alpha value is -4.18. The minimum atomic E-state index is -4.94. The van der Waals surface area contributed by atoms with Crippen molar-refractivity contribution in [3.8, 4) is 0 Å². The minimum Gasteiger partial charge on any atom is -0.379 e. The number of H-pyrrole nitrogens is 1. The van der Waals surface area contributed by atoms with Crippen molar-refractivity contribution in [1.82, 2.24) is 29.6 Å². The first kappa shape index (κ1) is 27.8. The Bertz CT molecular complexity index is 1380. The lowest BCUT2D eigenvalue weighted by Gasteiger charge is -2.34. The zero-order chi connectivity index (χ0) is 28.5. The van der Waals surface area contributed by atoms with Gasteiger partial charge in [-0.25, -0.2) is 15.1 Å². The number of halogens is 7. The maximum atomic E-state index is 14.6. The van der Waals surface area contributed by atoms with Crippen molar-refractivity contribution in [1.29, 1.82) is 0 Å². The summed E-state index contributed by atoms with van der Waals surface area (Å²) in [5, 5.41) is 7.59. The Morgan fingerprint density at radius 1 is 1.05 bits per heavy atom. The number of hydrogen-bond acceptors (Lipinski definition) is 7. The molecule has 3 aromatic rings. The molecule has 210 valence electrons. The Kier molecular flexibility index (Phi) is 7.52. The highest BCUT2D eigenvalue weighted by molar-refractivity contribution is 5.94. The van der Waals surface area contributed by atoms with E-state index in [1.54, 1.807) is 10.00 Å². The molecule has 0 aromatic carbocycles. The molecule has 1 aliphatic heterocycles. The number of carbonyl (C=O) groups is 1. The molecule has 2 N–H and O–H groups in total. The van der Waals surface area contributed by atoms with Crippen molar-refractivity contribution in [3.63, 3.8) is 0 Å². The number of anilines is 2. The molecule has 1 saturated heterocycles. The molecule has 0 bridgehead atoms. The predicted molar refractivity (Wildman–Crippen MR) is 122 cm³/mol. The summed E-state index contributed by atoms with van der Waals surface area (Å²) in [5.41, 5.74) is -4.44. The normalized spacial score (nSPS) is 15.4. The van der Waals surface area contributed by atoms with Gasteiger partial charge in [0.2, 0.25) is 5.95 Å². The van der Waals surface area contributed by atoms with E-state index in [0.29, 0.717) is 12.4 Å². The zero-order valence-electron chi connectivity index (χ0n) is 20.1. The van der Waals surface area contributed by atoms with Crippen LogP contribution in [-0.4, -0.2) is 67.8 Å². The summed E-state index contributed by atoms with van der Waals surface area (Å²) in [4.78, 5) is 35.1. The third-order valence-corrected chi connectivity index (χ3v) is 5.92. The number of carbonyl (C=O) groups excluding carboxylic acids is 1. The van der Waals surface area contributed by atoms with Crippen molar-refractivity contribution in [2.45, 2.75) is 31.9 Å². The fourth-order valence-corrected chi connectivity index (χ4v) is 4.05. The summed E-state index contributed by atoms with van der Waals surface area (Å²) in [7, 11) is 0. The van der Waals surface area contributed by atoms with Crippen LogP contribution >= 0.6 is 0 Å². The van der Waals surface area contributed by atoms with Gasteiger partial charge in [-0.1, -0.05) is 0 Å². The van der Waals surface area contributed by atoms with Crippen LogP contribution in [0, 0.1) is 5.95 Å². The molecule has 1 unspecified atom stereocenters. The van der Waals surface area contributed by atoms with Gasteiger partial charge in [-0.05, 0) is 6.92 Å². The molecule has 1 aliphatic rings. The Morgan fingerprint density at radius 3 is 2.28 bits per heavy atom. The summed E-state index contributed by atoms with van der Waals surface area (Å²) in [6.45, 7) is 2.08. The lowest BCUT2D eigenvalue weighted by Crippen LogP contribution is -2.49. The number of aromatic nitrogens is 5. The van der Waals surface area contributed by atoms with Gasteiger partial charge in [0.1, 0.15) is 5.56 Å². The minimum absolute atomic E-state index is 0.00716. The molecule has 0 aliphatic carbocycles. The fourth-order valence-electron chi connectivity index (χ4n) is 4.05. The highest BCUT2D eigenvalue weighted by Crippen LogP contribution is 2.32. The second kappa shape index (κ2) is 10.5. The van der Waals surface area contributed by atoms with E-state index in [4.69, 9.17) is 0 Å². The van der Waals surface area contributed by atoms with Crippen molar-refractivity contribution in [2.24, 2.45) is 0 Å². The molecule has 4 heterocycles. The first-order valence-corrected chi connectivity index (χ1v) is 11.4. The van der Waals surface area contributed by atoms with Crippen molar-refractivity contribution < 1.29 is 35.5 Å². The third-order valence-electron chi connectivity index (χ3n) is 5.92. The van der Waals surface area contributed by atoms with Gasteiger partial charge in [0, 0.05) is 63.4 Å². The number of nitrogens with one attached hydrogen (secondary N) is 2. The van der Waals surface area contributed by atoms with E-state index in [1.807, 2.05) is 0 Å². The van der Waals surface area contributed by atoms with Gasteiger partial charge in [0.05, 0.1) is 23.0 Å². The standard InChI is InChI=1S/C22H21F7N8O2/c1-12(33-15-9-32-34-18(38)17(15)22(27,28)29)10-37-11-13(6-16(37)23)19(39)35-2-4-36(5-3-35)20-30-7-14(8-31-20)21(24,25)26/h6-9,11-12H,2-5,10H2,1H3,(H2,33,34,38). The van der Waals surface area contributed by atoms with Crippen LogP contribution in [0.5, 0.6) is 0 Å². The lowest BCUT2D eigenvalue weighted by atomic mass is 10.2. The number of aromatic amines is 1. The summed E-state index contributed by atoms with van der Waals surface area (Å²) in [6.07, 6.45) is -6.12. The largest absolute Gasteiger partial charge is 0.423 e. The molecule has 39 heavy (non-hydrogen) atoms. The summed E-state index contributed by atoms with van der Waals surface area (Å²) < 4.78 is 93.5. The van der Waals surface area contributed by atoms with Crippen LogP contribution in [-0.2, 0) is 18.9 Å². The van der Waals surface area contributed by atoms with Crippen LogP contribution in [0.25, 0.3) is 0 Å². The van der Waals surface area contributed by atoms with E-state index in [0.717, 1.165) is 16.8 Å². The van der Waals surface area contributed by atoms with Crippen LogP contribution in [0.1, 0.15) is 28.4 Å². The smallest absolute Gasteiger partial charge is 0.379 e. The summed E-state index contributed by atoms with van der Waals surface area (Å²) >= 11 is 0. The van der Waals surface area contributed by atoms with Crippen molar-refractivity contribution in [3.05, 3.63) is 63.8 Å². The fraction of sp³-hybridized carbons (Fsp3) is 0.409. The third kappa shape index (κ3) is 6.28. The van der Waals surface area contributed by atoms with Crippen LogP contribution in [0.15, 0.2) is 35.6 Å². The Balaban J connectivity index is 1.37. The molecular formula is C22H21F7N8O2. The molecule has 17 heteroatoms. The van der Waals surface area contributed by atoms with E-state index in [2.05, 4.69) is 20.4 Å². The van der Waals surface area contributed by atoms with Gasteiger partial charge in [-0.3, -0.25) is 9.59 Å². The van der Waals surface area contributed by atoms with Gasteiger partial charge >= 0.3 is 12.4 Å². The molecule has 0 saturated carbocycles. The molecule has 3 aromatic heterocycles. The van der Waals surface area contributed by atoms with Gasteiger partial charge in [0.15, 0.2) is 5.95 Å². The van der Waals surface area contributed by atoms with Crippen LogP contribution < -0.4 is 15.8 Å². The van der Waals surface area contributed by atoms with Gasteiger partial charge < -0.3 is 19.7 Å². The average molecular weight is 562 g/mol. The van der Waals surface area contributed by atoms with Gasteiger partial charge in [0.25, 0.3) is 11.5 Å². The number of piperazine rings is 1. The molecule has 1 fully saturated rings. The molecule has 1 atom stereocenters. The second-order valence-electron chi connectivity index (χ2n) is 8.78. The Labute approximate surface area is 215 Å². The van der Waals surface area contributed by atoms with Gasteiger partial charge in [-0.2, -0.15) is 35.8 Å². The van der Waals surface area contributed by atoms with E-state index >= 15 is 0 Å². The summed E-state index contributed by atoms with van der Waals surface area (Å²) in [6, 6.07) is 0.197. The zero-order valence-corrected chi connectivity index (χ0v) is 20.1. The highest BCUT2D eigenvalue weighted by Gasteiger charge is 2.37. The number of rotatable bonds is 6. The topological polar surface area (TPSA) is 112 Å². The Morgan fingerprint density at radius 2 is 1.69 bits per heavy atom. The predicted octanol–water partition coefficient (Wildman–Crippen LogP) is 3.00.